The van der Waals surface area contributed by atoms with Crippen LogP contribution in [0.2, 0.25) is 0 Å². The summed E-state index contributed by atoms with van der Waals surface area (Å²) in [6, 6.07) is 6.58. The highest BCUT2D eigenvalue weighted by Gasteiger charge is 2.33. The van der Waals surface area contributed by atoms with Crippen LogP contribution in [-0.2, 0) is 9.53 Å². The van der Waals surface area contributed by atoms with Crippen LogP contribution < -0.4 is 11.1 Å². The second-order valence-corrected chi connectivity index (χ2v) is 4.71. The molecule has 20 heavy (non-hydrogen) atoms. The molecule has 0 spiro atoms. The average molecular weight is 278 g/mol. The van der Waals surface area contributed by atoms with Crippen molar-refractivity contribution in [3.8, 4) is 0 Å². The van der Waals surface area contributed by atoms with Crippen LogP contribution in [0.1, 0.15) is 37.0 Å². The highest BCUT2D eigenvalue weighted by molar-refractivity contribution is 5.96. The lowest BCUT2D eigenvalue weighted by molar-refractivity contribution is -0.125. The Kier molecular flexibility index (Phi) is 5.70. The van der Waals surface area contributed by atoms with Crippen LogP contribution in [0.5, 0.6) is 0 Å². The Morgan fingerprint density at radius 1 is 1.20 bits per heavy atom. The second-order valence-electron chi connectivity index (χ2n) is 4.71. The Morgan fingerprint density at radius 2 is 1.75 bits per heavy atom. The lowest BCUT2D eigenvalue weighted by Crippen LogP contribution is -2.41. The van der Waals surface area contributed by atoms with Gasteiger partial charge in [0.15, 0.2) is 0 Å². The Bertz CT molecular complexity index is 456. The molecule has 0 radical (unpaired) electrons. The molecule has 5 nitrogen and oxygen atoms in total. The van der Waals surface area contributed by atoms with Gasteiger partial charge in [-0.1, -0.05) is 13.8 Å². The monoisotopic (exact) mass is 278 g/mol. The molecule has 0 aliphatic heterocycles. The molecule has 0 saturated carbocycles. The summed E-state index contributed by atoms with van der Waals surface area (Å²) in [7, 11) is 1.33. The van der Waals surface area contributed by atoms with E-state index < -0.39 is 11.4 Å². The molecule has 0 saturated heterocycles. The number of nitrogens with two attached hydrogens (primary N) is 1. The SMILES string of the molecule is CCC(CC)(CN)C(=O)Nc1ccc(C(=O)OC)cc1. The Labute approximate surface area is 119 Å². The van der Waals surface area contributed by atoms with E-state index in [2.05, 4.69) is 10.1 Å². The van der Waals surface area contributed by atoms with Gasteiger partial charge in [-0.25, -0.2) is 4.79 Å². The van der Waals surface area contributed by atoms with Crippen molar-refractivity contribution in [2.75, 3.05) is 19.0 Å². The summed E-state index contributed by atoms with van der Waals surface area (Å²) >= 11 is 0. The van der Waals surface area contributed by atoms with Gasteiger partial charge in [0.2, 0.25) is 5.91 Å². The van der Waals surface area contributed by atoms with Crippen LogP contribution in [0.15, 0.2) is 24.3 Å². The van der Waals surface area contributed by atoms with Crippen molar-refractivity contribution in [3.05, 3.63) is 29.8 Å². The highest BCUT2D eigenvalue weighted by Crippen LogP contribution is 2.27. The van der Waals surface area contributed by atoms with E-state index in [1.165, 1.54) is 7.11 Å². The van der Waals surface area contributed by atoms with E-state index in [-0.39, 0.29) is 5.91 Å². The number of carbonyl (C=O) groups is 2. The second kappa shape index (κ2) is 7.05. The maximum absolute atomic E-state index is 12.3. The molecule has 1 aromatic rings. The smallest absolute Gasteiger partial charge is 0.337 e. The zero-order valence-corrected chi connectivity index (χ0v) is 12.2. The van der Waals surface area contributed by atoms with Crippen LogP contribution in [0.25, 0.3) is 0 Å². The first-order chi connectivity index (χ1) is 9.52. The van der Waals surface area contributed by atoms with Crippen LogP contribution in [0.4, 0.5) is 5.69 Å². The zero-order chi connectivity index (χ0) is 15.2. The van der Waals surface area contributed by atoms with Gasteiger partial charge >= 0.3 is 5.97 Å². The summed E-state index contributed by atoms with van der Waals surface area (Å²) in [5, 5.41) is 2.85. The molecule has 3 N–H and O–H groups in total. The molecular weight excluding hydrogens is 256 g/mol. The molecule has 1 amide bonds. The molecule has 0 bridgehead atoms. The van der Waals surface area contributed by atoms with Gasteiger partial charge in [-0.2, -0.15) is 0 Å². The number of carbonyl (C=O) groups excluding carboxylic acids is 2. The standard InChI is InChI=1S/C15H22N2O3/c1-4-15(5-2,10-16)14(19)17-12-8-6-11(7-9-12)13(18)20-3/h6-9H,4-5,10,16H2,1-3H3,(H,17,19). The topological polar surface area (TPSA) is 81.4 Å². The fourth-order valence-electron chi connectivity index (χ4n) is 2.02. The summed E-state index contributed by atoms with van der Waals surface area (Å²) < 4.78 is 4.62. The van der Waals surface area contributed by atoms with Crippen molar-refractivity contribution < 1.29 is 14.3 Å². The molecule has 1 aromatic carbocycles. The predicted molar refractivity (Wildman–Crippen MR) is 78.5 cm³/mol. The number of rotatable bonds is 6. The lowest BCUT2D eigenvalue weighted by Gasteiger charge is -2.28. The third-order valence-electron chi connectivity index (χ3n) is 3.79. The van der Waals surface area contributed by atoms with Crippen LogP contribution in [0, 0.1) is 5.41 Å². The van der Waals surface area contributed by atoms with Gasteiger partial charge in [0.25, 0.3) is 0 Å². The van der Waals surface area contributed by atoms with Crippen LogP contribution in [0.3, 0.4) is 0 Å². The van der Waals surface area contributed by atoms with Crippen molar-refractivity contribution in [1.82, 2.24) is 0 Å². The van der Waals surface area contributed by atoms with E-state index in [4.69, 9.17) is 5.73 Å². The minimum Gasteiger partial charge on any atom is -0.465 e. The largest absolute Gasteiger partial charge is 0.465 e. The minimum absolute atomic E-state index is 0.0872. The van der Waals surface area contributed by atoms with E-state index in [9.17, 15) is 9.59 Å². The van der Waals surface area contributed by atoms with E-state index in [0.29, 0.717) is 30.6 Å². The van der Waals surface area contributed by atoms with Gasteiger partial charge in [0, 0.05) is 12.2 Å². The third-order valence-corrected chi connectivity index (χ3v) is 3.79. The van der Waals surface area contributed by atoms with Crippen molar-refractivity contribution in [2.24, 2.45) is 11.1 Å². The normalized spacial score (nSPS) is 11.0. The van der Waals surface area contributed by atoms with E-state index >= 15 is 0 Å². The molecule has 0 aliphatic rings. The molecule has 0 atom stereocenters. The molecule has 1 rings (SSSR count). The van der Waals surface area contributed by atoms with Crippen LogP contribution in [-0.4, -0.2) is 25.5 Å². The number of anilines is 1. The number of hydrogen-bond donors (Lipinski definition) is 2. The summed E-state index contributed by atoms with van der Waals surface area (Å²) in [6.07, 6.45) is 1.37. The quantitative estimate of drug-likeness (QED) is 0.781. The summed E-state index contributed by atoms with van der Waals surface area (Å²) in [5.74, 6) is -0.489. The Hall–Kier alpha value is -1.88. The number of nitrogens with one attached hydrogen (secondary N) is 1. The number of amides is 1. The fourth-order valence-corrected chi connectivity index (χ4v) is 2.02. The Morgan fingerprint density at radius 3 is 2.15 bits per heavy atom. The summed E-state index contributed by atoms with van der Waals surface area (Å²) in [6.45, 7) is 4.22. The lowest BCUT2D eigenvalue weighted by atomic mass is 9.81. The fraction of sp³-hybridized carbons (Fsp3) is 0.467. The first kappa shape index (κ1) is 16.2. The van der Waals surface area contributed by atoms with Crippen LogP contribution >= 0.6 is 0 Å². The molecule has 5 heteroatoms. The molecule has 0 fully saturated rings. The van der Waals surface area contributed by atoms with Crippen molar-refractivity contribution in [1.29, 1.82) is 0 Å². The first-order valence-electron chi connectivity index (χ1n) is 6.73. The van der Waals surface area contributed by atoms with Crippen molar-refractivity contribution in [2.45, 2.75) is 26.7 Å². The van der Waals surface area contributed by atoms with Gasteiger partial charge in [-0.3, -0.25) is 4.79 Å². The molecule has 0 aromatic heterocycles. The number of methoxy groups -OCH3 is 1. The zero-order valence-electron chi connectivity index (χ0n) is 12.2. The third kappa shape index (κ3) is 3.36. The summed E-state index contributed by atoms with van der Waals surface area (Å²) in [5.41, 5.74) is 6.29. The summed E-state index contributed by atoms with van der Waals surface area (Å²) in [4.78, 5) is 23.6. The van der Waals surface area contributed by atoms with Gasteiger partial charge in [0.1, 0.15) is 0 Å². The van der Waals surface area contributed by atoms with Crippen molar-refractivity contribution in [3.63, 3.8) is 0 Å². The Balaban J connectivity index is 2.83. The van der Waals surface area contributed by atoms with Gasteiger partial charge in [-0.05, 0) is 37.1 Å². The molecule has 0 aliphatic carbocycles. The van der Waals surface area contributed by atoms with Gasteiger partial charge in [-0.15, -0.1) is 0 Å². The maximum Gasteiger partial charge on any atom is 0.337 e. The minimum atomic E-state index is -0.541. The van der Waals surface area contributed by atoms with Gasteiger partial charge in [0.05, 0.1) is 18.1 Å². The predicted octanol–water partition coefficient (Wildman–Crippen LogP) is 2.18. The van der Waals surface area contributed by atoms with E-state index in [1.807, 2.05) is 13.8 Å². The molecular formula is C15H22N2O3. The number of ether oxygens (including phenoxy) is 1. The number of esters is 1. The average Bonchev–Trinajstić information content (AvgIpc) is 2.49. The number of benzene rings is 1. The molecule has 0 heterocycles. The molecule has 0 unspecified atom stereocenters. The first-order valence-corrected chi connectivity index (χ1v) is 6.73. The molecule has 110 valence electrons. The van der Waals surface area contributed by atoms with E-state index in [1.54, 1.807) is 24.3 Å². The number of hydrogen-bond acceptors (Lipinski definition) is 4. The van der Waals surface area contributed by atoms with Crippen molar-refractivity contribution >= 4 is 17.6 Å². The van der Waals surface area contributed by atoms with Gasteiger partial charge < -0.3 is 15.8 Å². The van der Waals surface area contributed by atoms with E-state index in [0.717, 1.165) is 0 Å². The maximum atomic E-state index is 12.3. The highest BCUT2D eigenvalue weighted by atomic mass is 16.5.